The van der Waals surface area contributed by atoms with Crippen LogP contribution in [-0.4, -0.2) is 33.5 Å². The van der Waals surface area contributed by atoms with Crippen LogP contribution in [0.4, 0.5) is 5.69 Å². The summed E-state index contributed by atoms with van der Waals surface area (Å²) in [4.78, 5) is 12.1. The number of carbonyl (C=O) groups is 1. The van der Waals surface area contributed by atoms with Gasteiger partial charge in [0.2, 0.25) is 15.9 Å². The van der Waals surface area contributed by atoms with Crippen molar-refractivity contribution in [3.05, 3.63) is 18.2 Å². The number of nitrogens with two attached hydrogens (primary N) is 1. The van der Waals surface area contributed by atoms with E-state index in [0.717, 1.165) is 0 Å². The maximum atomic E-state index is 12.2. The van der Waals surface area contributed by atoms with E-state index in [0.29, 0.717) is 12.3 Å². The van der Waals surface area contributed by atoms with E-state index in [1.807, 2.05) is 6.92 Å². The molecule has 0 saturated carbocycles. The average Bonchev–Trinajstić information content (AvgIpc) is 2.37. The van der Waals surface area contributed by atoms with E-state index in [4.69, 9.17) is 9.88 Å². The highest BCUT2D eigenvalue weighted by molar-refractivity contribution is 7.89. The summed E-state index contributed by atoms with van der Waals surface area (Å²) in [7, 11) is -2.43. The van der Waals surface area contributed by atoms with Crippen molar-refractivity contribution in [2.24, 2.45) is 5.14 Å². The third-order valence-electron chi connectivity index (χ3n) is 2.93. The molecule has 0 aliphatic carbocycles. The second-order valence-corrected chi connectivity index (χ2v) is 6.58. The molecule has 118 valence electrons. The van der Waals surface area contributed by atoms with Crippen molar-refractivity contribution in [1.29, 1.82) is 0 Å². The molecule has 1 amide bonds. The number of methoxy groups -OCH3 is 1. The van der Waals surface area contributed by atoms with Crippen LogP contribution in [-0.2, 0) is 14.8 Å². The summed E-state index contributed by atoms with van der Waals surface area (Å²) in [5, 5.41) is 10.8. The SMILES string of the molecule is CCNC(C)(C)C(=O)Nc1cc(S(N)(=O)=O)ccc1OC. The summed E-state index contributed by atoms with van der Waals surface area (Å²) < 4.78 is 27.9. The number of hydrogen-bond donors (Lipinski definition) is 3. The number of rotatable bonds is 6. The molecule has 0 saturated heterocycles. The second-order valence-electron chi connectivity index (χ2n) is 5.02. The zero-order valence-electron chi connectivity index (χ0n) is 12.6. The van der Waals surface area contributed by atoms with E-state index in [2.05, 4.69) is 10.6 Å². The van der Waals surface area contributed by atoms with Crippen LogP contribution in [0.2, 0.25) is 0 Å². The maximum Gasteiger partial charge on any atom is 0.244 e. The molecule has 8 heteroatoms. The molecule has 0 atom stereocenters. The Kier molecular flexibility index (Phi) is 5.32. The van der Waals surface area contributed by atoms with E-state index >= 15 is 0 Å². The number of anilines is 1. The number of ether oxygens (including phenoxy) is 1. The van der Waals surface area contributed by atoms with Gasteiger partial charge in [-0.05, 0) is 38.6 Å². The van der Waals surface area contributed by atoms with Gasteiger partial charge in [0.15, 0.2) is 0 Å². The highest BCUT2D eigenvalue weighted by atomic mass is 32.2. The lowest BCUT2D eigenvalue weighted by molar-refractivity contribution is -0.121. The van der Waals surface area contributed by atoms with Crippen molar-refractivity contribution in [3.63, 3.8) is 0 Å². The van der Waals surface area contributed by atoms with Crippen LogP contribution in [0.15, 0.2) is 23.1 Å². The molecule has 0 aliphatic heterocycles. The molecule has 0 heterocycles. The predicted molar refractivity (Wildman–Crippen MR) is 80.8 cm³/mol. The van der Waals surface area contributed by atoms with E-state index in [-0.39, 0.29) is 16.5 Å². The second kappa shape index (κ2) is 6.42. The number of sulfonamides is 1. The minimum Gasteiger partial charge on any atom is -0.495 e. The number of primary sulfonamides is 1. The molecular weight excluding hydrogens is 294 g/mol. The molecule has 0 fully saturated rings. The van der Waals surface area contributed by atoms with Crippen LogP contribution in [0.1, 0.15) is 20.8 Å². The Balaban J connectivity index is 3.14. The normalized spacial score (nSPS) is 12.0. The summed E-state index contributed by atoms with van der Waals surface area (Å²) in [6, 6.07) is 4.03. The molecule has 0 unspecified atom stereocenters. The molecule has 0 spiro atoms. The van der Waals surface area contributed by atoms with Crippen LogP contribution >= 0.6 is 0 Å². The predicted octanol–water partition coefficient (Wildman–Crippen LogP) is 0.669. The summed E-state index contributed by atoms with van der Waals surface area (Å²) in [6.07, 6.45) is 0. The Labute approximate surface area is 124 Å². The number of carbonyl (C=O) groups excluding carboxylic acids is 1. The lowest BCUT2D eigenvalue weighted by Gasteiger charge is -2.25. The molecule has 1 aromatic rings. The van der Waals surface area contributed by atoms with Gasteiger partial charge in [0.25, 0.3) is 0 Å². The van der Waals surface area contributed by atoms with Gasteiger partial charge < -0.3 is 15.4 Å². The first kappa shape index (κ1) is 17.4. The third kappa shape index (κ3) is 4.42. The Bertz CT molecular complexity index is 626. The molecule has 0 aliphatic rings. The molecule has 21 heavy (non-hydrogen) atoms. The number of benzene rings is 1. The minimum absolute atomic E-state index is 0.0974. The standard InChI is InChI=1S/C13H21N3O4S/c1-5-15-13(2,3)12(17)16-10-8-9(21(14,18)19)6-7-11(10)20-4/h6-8,15H,5H2,1-4H3,(H,16,17)(H2,14,18,19). The first-order valence-electron chi connectivity index (χ1n) is 6.39. The quantitative estimate of drug-likeness (QED) is 0.714. The van der Waals surface area contributed by atoms with E-state index in [1.54, 1.807) is 13.8 Å². The van der Waals surface area contributed by atoms with Crippen molar-refractivity contribution in [2.45, 2.75) is 31.2 Å². The molecule has 1 rings (SSSR count). The first-order chi connectivity index (χ1) is 9.61. The Hall–Kier alpha value is -1.64. The topological polar surface area (TPSA) is 111 Å². The van der Waals surface area contributed by atoms with Gasteiger partial charge in [-0.1, -0.05) is 6.92 Å². The largest absolute Gasteiger partial charge is 0.495 e. The number of amides is 1. The fraction of sp³-hybridized carbons (Fsp3) is 0.462. The fourth-order valence-corrected chi connectivity index (χ4v) is 2.30. The summed E-state index contributed by atoms with van der Waals surface area (Å²) >= 11 is 0. The number of nitrogens with one attached hydrogen (secondary N) is 2. The Morgan fingerprint density at radius 2 is 2.00 bits per heavy atom. The van der Waals surface area contributed by atoms with Crippen LogP contribution in [0.5, 0.6) is 5.75 Å². The molecular formula is C13H21N3O4S. The van der Waals surface area contributed by atoms with Crippen LogP contribution in [0, 0.1) is 0 Å². The van der Waals surface area contributed by atoms with Crippen molar-refractivity contribution in [3.8, 4) is 5.75 Å². The van der Waals surface area contributed by atoms with E-state index < -0.39 is 15.6 Å². The summed E-state index contributed by atoms with van der Waals surface area (Å²) in [6.45, 7) is 5.95. The van der Waals surface area contributed by atoms with Crippen molar-refractivity contribution < 1.29 is 17.9 Å². The van der Waals surface area contributed by atoms with Gasteiger partial charge >= 0.3 is 0 Å². The molecule has 0 radical (unpaired) electrons. The third-order valence-corrected chi connectivity index (χ3v) is 3.85. The Morgan fingerprint density at radius 3 is 2.48 bits per heavy atom. The van der Waals surface area contributed by atoms with E-state index in [9.17, 15) is 13.2 Å². The van der Waals surface area contributed by atoms with Gasteiger partial charge in [-0.25, -0.2) is 13.6 Å². The molecule has 4 N–H and O–H groups in total. The summed E-state index contributed by atoms with van der Waals surface area (Å²) in [5.41, 5.74) is -0.558. The van der Waals surface area contributed by atoms with Gasteiger partial charge in [-0.15, -0.1) is 0 Å². The Morgan fingerprint density at radius 1 is 1.38 bits per heavy atom. The van der Waals surface area contributed by atoms with Gasteiger partial charge in [-0.2, -0.15) is 0 Å². The fourth-order valence-electron chi connectivity index (χ4n) is 1.76. The maximum absolute atomic E-state index is 12.2. The van der Waals surface area contributed by atoms with Gasteiger partial charge in [0.05, 0.1) is 23.2 Å². The van der Waals surface area contributed by atoms with Gasteiger partial charge in [-0.3, -0.25) is 4.79 Å². The molecule has 0 aromatic heterocycles. The minimum atomic E-state index is -3.85. The van der Waals surface area contributed by atoms with Crippen molar-refractivity contribution >= 4 is 21.6 Å². The number of hydrogen-bond acceptors (Lipinski definition) is 5. The van der Waals surface area contributed by atoms with Crippen LogP contribution in [0.3, 0.4) is 0 Å². The first-order valence-corrected chi connectivity index (χ1v) is 7.93. The van der Waals surface area contributed by atoms with E-state index in [1.165, 1.54) is 25.3 Å². The number of likely N-dealkylation sites (N-methyl/N-ethyl adjacent to an activating group) is 1. The lowest BCUT2D eigenvalue weighted by atomic mass is 10.0. The highest BCUT2D eigenvalue weighted by Gasteiger charge is 2.27. The molecule has 0 bridgehead atoms. The smallest absolute Gasteiger partial charge is 0.244 e. The molecule has 7 nitrogen and oxygen atoms in total. The van der Waals surface area contributed by atoms with Crippen molar-refractivity contribution in [1.82, 2.24) is 5.32 Å². The summed E-state index contributed by atoms with van der Waals surface area (Å²) in [5.74, 6) is 0.0391. The van der Waals surface area contributed by atoms with Crippen molar-refractivity contribution in [2.75, 3.05) is 19.0 Å². The van der Waals surface area contributed by atoms with Crippen LogP contribution < -0.4 is 20.5 Å². The van der Waals surface area contributed by atoms with Crippen LogP contribution in [0.25, 0.3) is 0 Å². The van der Waals surface area contributed by atoms with Gasteiger partial charge in [0, 0.05) is 0 Å². The zero-order chi connectivity index (χ0) is 16.3. The lowest BCUT2D eigenvalue weighted by Crippen LogP contribution is -2.49. The zero-order valence-corrected chi connectivity index (χ0v) is 13.4. The van der Waals surface area contributed by atoms with Gasteiger partial charge in [0.1, 0.15) is 5.75 Å². The molecule has 1 aromatic carbocycles. The average molecular weight is 315 g/mol. The highest BCUT2D eigenvalue weighted by Crippen LogP contribution is 2.27. The monoisotopic (exact) mass is 315 g/mol.